The van der Waals surface area contributed by atoms with Crippen LogP contribution in [0.1, 0.15) is 38.2 Å². The first kappa shape index (κ1) is 17.8. The Kier molecular flexibility index (Phi) is 4.08. The predicted octanol–water partition coefficient (Wildman–Crippen LogP) is 3.48. The van der Waals surface area contributed by atoms with E-state index in [0.29, 0.717) is 6.29 Å². The van der Waals surface area contributed by atoms with Crippen molar-refractivity contribution in [3.05, 3.63) is 41.4 Å². The van der Waals surface area contributed by atoms with Gasteiger partial charge >= 0.3 is 7.12 Å². The molecule has 0 aliphatic carbocycles. The molecule has 2 aromatic rings. The number of carbonyl (C=O) groups excluding carboxylic acids is 1. The zero-order valence-electron chi connectivity index (χ0n) is 14.2. The normalized spacial score (nSPS) is 18.6. The summed E-state index contributed by atoms with van der Waals surface area (Å²) in [5.41, 5.74) is -1.91. The molecule has 3 rings (SSSR count). The van der Waals surface area contributed by atoms with Gasteiger partial charge in [0.05, 0.1) is 16.8 Å². The number of furan rings is 1. The molecule has 1 aromatic carbocycles. The third kappa shape index (κ3) is 2.79. The van der Waals surface area contributed by atoms with Crippen LogP contribution in [0, 0.1) is 17.5 Å². The van der Waals surface area contributed by atoms with E-state index in [1.807, 2.05) is 0 Å². The molecule has 0 unspecified atom stereocenters. The third-order valence-corrected chi connectivity index (χ3v) is 4.69. The predicted molar refractivity (Wildman–Crippen MR) is 85.1 cm³/mol. The number of rotatable bonds is 3. The summed E-state index contributed by atoms with van der Waals surface area (Å²) in [4.78, 5) is 10.8. The summed E-state index contributed by atoms with van der Waals surface area (Å²) in [5.74, 6) is -4.63. The maximum absolute atomic E-state index is 14.5. The first-order valence-electron chi connectivity index (χ1n) is 7.66. The third-order valence-electron chi connectivity index (χ3n) is 4.69. The first-order valence-corrected chi connectivity index (χ1v) is 7.66. The molecule has 0 bridgehead atoms. The van der Waals surface area contributed by atoms with Gasteiger partial charge in [-0.3, -0.25) is 4.79 Å². The highest BCUT2D eigenvalue weighted by Gasteiger charge is 2.53. The first-order chi connectivity index (χ1) is 11.6. The number of benzene rings is 1. The lowest BCUT2D eigenvalue weighted by atomic mass is 9.75. The standard InChI is InChI=1S/C17H16BF3O4/c1-16(2)17(3,4)25-18(24-16)10-7-11(19)14(20)15(21)13(10)12-6-5-9(8-22)23-12/h5-8H,1-4H3. The highest BCUT2D eigenvalue weighted by Crippen LogP contribution is 2.38. The fourth-order valence-corrected chi connectivity index (χ4v) is 2.57. The van der Waals surface area contributed by atoms with Gasteiger partial charge in [0.25, 0.3) is 0 Å². The van der Waals surface area contributed by atoms with Crippen LogP contribution in [0.3, 0.4) is 0 Å². The maximum atomic E-state index is 14.5. The van der Waals surface area contributed by atoms with Crippen LogP contribution in [0.25, 0.3) is 11.3 Å². The van der Waals surface area contributed by atoms with Gasteiger partial charge < -0.3 is 13.7 Å². The second-order valence-corrected chi connectivity index (χ2v) is 6.86. The van der Waals surface area contributed by atoms with Crippen molar-refractivity contribution >= 4 is 18.9 Å². The minimum absolute atomic E-state index is 0.0538. The lowest BCUT2D eigenvalue weighted by molar-refractivity contribution is 0.00578. The maximum Gasteiger partial charge on any atom is 0.495 e. The van der Waals surface area contributed by atoms with E-state index in [0.717, 1.165) is 6.07 Å². The Bertz CT molecular complexity index is 829. The second-order valence-electron chi connectivity index (χ2n) is 6.86. The Labute approximate surface area is 143 Å². The van der Waals surface area contributed by atoms with Gasteiger partial charge in [-0.2, -0.15) is 0 Å². The number of halogens is 3. The van der Waals surface area contributed by atoms with E-state index in [2.05, 4.69) is 0 Å². The molecule has 0 saturated carbocycles. The van der Waals surface area contributed by atoms with E-state index in [4.69, 9.17) is 13.7 Å². The number of hydrogen-bond donors (Lipinski definition) is 0. The Hall–Kier alpha value is -2.06. The summed E-state index contributed by atoms with van der Waals surface area (Å²) >= 11 is 0. The van der Waals surface area contributed by atoms with Crippen LogP contribution in [-0.2, 0) is 9.31 Å². The van der Waals surface area contributed by atoms with Gasteiger partial charge in [-0.15, -0.1) is 0 Å². The smallest absolute Gasteiger partial charge is 0.453 e. The monoisotopic (exact) mass is 352 g/mol. The van der Waals surface area contributed by atoms with Crippen molar-refractivity contribution in [3.8, 4) is 11.3 Å². The van der Waals surface area contributed by atoms with Gasteiger partial charge in [-0.1, -0.05) is 0 Å². The van der Waals surface area contributed by atoms with Crippen molar-refractivity contribution in [2.24, 2.45) is 0 Å². The van der Waals surface area contributed by atoms with E-state index in [9.17, 15) is 18.0 Å². The number of hydrogen-bond acceptors (Lipinski definition) is 4. The van der Waals surface area contributed by atoms with Crippen LogP contribution in [0.15, 0.2) is 22.6 Å². The summed E-state index contributed by atoms with van der Waals surface area (Å²) in [7, 11) is -1.13. The summed E-state index contributed by atoms with van der Waals surface area (Å²) in [6, 6.07) is 3.42. The molecule has 0 amide bonds. The van der Waals surface area contributed by atoms with Crippen molar-refractivity contribution in [1.82, 2.24) is 0 Å². The Morgan fingerprint density at radius 1 is 1.00 bits per heavy atom. The molecular formula is C17H16BF3O4. The average molecular weight is 352 g/mol. The largest absolute Gasteiger partial charge is 0.495 e. The molecule has 1 aliphatic rings. The molecule has 1 fully saturated rings. The van der Waals surface area contributed by atoms with Crippen LogP contribution in [-0.4, -0.2) is 24.6 Å². The number of carbonyl (C=O) groups is 1. The minimum Gasteiger partial charge on any atom is -0.453 e. The molecule has 25 heavy (non-hydrogen) atoms. The van der Waals surface area contributed by atoms with Crippen molar-refractivity contribution in [2.75, 3.05) is 0 Å². The van der Waals surface area contributed by atoms with Gasteiger partial charge in [0.15, 0.2) is 29.5 Å². The molecule has 2 heterocycles. The van der Waals surface area contributed by atoms with Gasteiger partial charge in [0.1, 0.15) is 5.76 Å². The van der Waals surface area contributed by atoms with Crippen LogP contribution >= 0.6 is 0 Å². The summed E-state index contributed by atoms with van der Waals surface area (Å²) in [5, 5.41) is 0. The summed E-state index contributed by atoms with van der Waals surface area (Å²) in [6.45, 7) is 7.11. The molecule has 1 saturated heterocycles. The SMILES string of the molecule is CC1(C)OB(c2cc(F)c(F)c(F)c2-c2ccc(C=O)o2)OC1(C)C. The van der Waals surface area contributed by atoms with Gasteiger partial charge in [-0.05, 0) is 51.4 Å². The van der Waals surface area contributed by atoms with Crippen molar-refractivity contribution in [2.45, 2.75) is 38.9 Å². The van der Waals surface area contributed by atoms with E-state index < -0.39 is 35.8 Å². The molecule has 8 heteroatoms. The Balaban J connectivity index is 2.18. The van der Waals surface area contributed by atoms with Crippen LogP contribution in [0.2, 0.25) is 0 Å². The molecule has 0 N–H and O–H groups in total. The van der Waals surface area contributed by atoms with Crippen LogP contribution < -0.4 is 5.46 Å². The lowest BCUT2D eigenvalue weighted by Crippen LogP contribution is -2.41. The van der Waals surface area contributed by atoms with Crippen LogP contribution in [0.4, 0.5) is 13.2 Å². The fourth-order valence-electron chi connectivity index (χ4n) is 2.57. The molecule has 1 aromatic heterocycles. The van der Waals surface area contributed by atoms with Crippen molar-refractivity contribution in [3.63, 3.8) is 0 Å². The zero-order valence-corrected chi connectivity index (χ0v) is 14.2. The molecule has 0 atom stereocenters. The minimum atomic E-state index is -1.64. The molecular weight excluding hydrogens is 336 g/mol. The molecule has 0 spiro atoms. The van der Waals surface area contributed by atoms with Crippen molar-refractivity contribution in [1.29, 1.82) is 0 Å². The van der Waals surface area contributed by atoms with Gasteiger partial charge in [0, 0.05) is 0 Å². The van der Waals surface area contributed by atoms with Gasteiger partial charge in [-0.25, -0.2) is 13.2 Å². The van der Waals surface area contributed by atoms with E-state index in [1.54, 1.807) is 27.7 Å². The molecule has 4 nitrogen and oxygen atoms in total. The fraction of sp³-hybridized carbons (Fsp3) is 0.353. The second kappa shape index (κ2) is 5.74. The van der Waals surface area contributed by atoms with E-state index in [1.165, 1.54) is 12.1 Å². The van der Waals surface area contributed by atoms with E-state index in [-0.39, 0.29) is 22.5 Å². The summed E-state index contributed by atoms with van der Waals surface area (Å²) in [6.07, 6.45) is 0.426. The zero-order chi connectivity index (χ0) is 18.6. The summed E-state index contributed by atoms with van der Waals surface area (Å²) < 4.78 is 58.9. The van der Waals surface area contributed by atoms with Crippen molar-refractivity contribution < 1.29 is 31.7 Å². The number of aldehydes is 1. The molecule has 1 aliphatic heterocycles. The Morgan fingerprint density at radius 2 is 1.60 bits per heavy atom. The molecule has 132 valence electrons. The quantitative estimate of drug-likeness (QED) is 0.482. The topological polar surface area (TPSA) is 48.7 Å². The highest BCUT2D eigenvalue weighted by molar-refractivity contribution is 6.63. The van der Waals surface area contributed by atoms with Crippen LogP contribution in [0.5, 0.6) is 0 Å². The molecule has 0 radical (unpaired) electrons. The van der Waals surface area contributed by atoms with Gasteiger partial charge in [0.2, 0.25) is 0 Å². The highest BCUT2D eigenvalue weighted by atomic mass is 19.2. The average Bonchev–Trinajstić information content (AvgIpc) is 3.07. The van der Waals surface area contributed by atoms with E-state index >= 15 is 0 Å². The lowest BCUT2D eigenvalue weighted by Gasteiger charge is -2.32. The Morgan fingerprint density at radius 3 is 2.12 bits per heavy atom.